The highest BCUT2D eigenvalue weighted by molar-refractivity contribution is 6.05. The normalized spacial score (nSPS) is 11.6. The van der Waals surface area contributed by atoms with Crippen molar-refractivity contribution in [2.45, 2.75) is 6.42 Å². The van der Waals surface area contributed by atoms with Gasteiger partial charge in [0.1, 0.15) is 24.2 Å². The summed E-state index contributed by atoms with van der Waals surface area (Å²) < 4.78 is 18.3. The molecule has 0 saturated carbocycles. The van der Waals surface area contributed by atoms with Crippen LogP contribution in [0.5, 0.6) is 0 Å². The number of hydrogen-bond donors (Lipinski definition) is 2. The van der Waals surface area contributed by atoms with E-state index in [1.54, 1.807) is 12.1 Å². The molecule has 0 fully saturated rings. The van der Waals surface area contributed by atoms with Crippen molar-refractivity contribution in [2.24, 2.45) is 0 Å². The number of H-pyrrole nitrogens is 1. The second-order valence-corrected chi connectivity index (χ2v) is 4.85. The molecule has 3 rings (SSSR count). The molecule has 1 aromatic carbocycles. The van der Waals surface area contributed by atoms with Gasteiger partial charge in [-0.3, -0.25) is 9.89 Å². The van der Waals surface area contributed by atoms with Crippen LogP contribution in [-0.4, -0.2) is 26.1 Å². The molecule has 0 atom stereocenters. The molecule has 23 heavy (non-hydrogen) atoms. The van der Waals surface area contributed by atoms with Gasteiger partial charge in [-0.25, -0.2) is 9.37 Å². The number of nitrogens with one attached hydrogen (secondary N) is 1. The quantitative estimate of drug-likeness (QED) is 0.429. The van der Waals surface area contributed by atoms with Gasteiger partial charge in [-0.1, -0.05) is 12.1 Å². The van der Waals surface area contributed by atoms with Crippen molar-refractivity contribution >= 4 is 11.5 Å². The average molecular weight is 313 g/mol. The maximum atomic E-state index is 13.2. The molecule has 0 aliphatic carbocycles. The zero-order valence-corrected chi connectivity index (χ0v) is 11.9. The van der Waals surface area contributed by atoms with E-state index in [4.69, 9.17) is 4.42 Å². The lowest BCUT2D eigenvalue weighted by Crippen LogP contribution is -2.00. The number of nitrogens with zero attached hydrogens (tertiary/aromatic N) is 2. The van der Waals surface area contributed by atoms with Crippen LogP contribution in [-0.2, 0) is 6.42 Å². The van der Waals surface area contributed by atoms with Crippen LogP contribution in [0, 0.1) is 5.82 Å². The van der Waals surface area contributed by atoms with Crippen molar-refractivity contribution < 1.29 is 18.7 Å². The highest BCUT2D eigenvalue weighted by Gasteiger charge is 2.14. The summed E-state index contributed by atoms with van der Waals surface area (Å²) >= 11 is 0. The number of aliphatic hydroxyl groups excluding tert-OH is 1. The highest BCUT2D eigenvalue weighted by Crippen LogP contribution is 2.22. The Kier molecular flexibility index (Phi) is 4.01. The maximum Gasteiger partial charge on any atom is 0.226 e. The summed E-state index contributed by atoms with van der Waals surface area (Å²) in [5.74, 6) is -1.09. The summed E-state index contributed by atoms with van der Waals surface area (Å²) in [6.07, 6.45) is 5.36. The lowest BCUT2D eigenvalue weighted by molar-refractivity contribution is 0.103. The van der Waals surface area contributed by atoms with E-state index in [2.05, 4.69) is 15.2 Å². The Bertz CT molecular complexity index is 853. The Hall–Kier alpha value is -3.22. The first-order chi connectivity index (χ1) is 11.1. The van der Waals surface area contributed by atoms with Gasteiger partial charge in [0.2, 0.25) is 5.78 Å². The molecule has 116 valence electrons. The smallest absolute Gasteiger partial charge is 0.226 e. The summed E-state index contributed by atoms with van der Waals surface area (Å²) in [6.45, 7) is 0. The van der Waals surface area contributed by atoms with Gasteiger partial charge in [0.05, 0.1) is 11.8 Å². The molecular weight excluding hydrogens is 301 g/mol. The third-order valence-corrected chi connectivity index (χ3v) is 3.22. The van der Waals surface area contributed by atoms with Crippen molar-refractivity contribution in [3.63, 3.8) is 0 Å². The molecule has 0 spiro atoms. The van der Waals surface area contributed by atoms with Crippen molar-refractivity contribution in [1.29, 1.82) is 0 Å². The predicted molar refractivity (Wildman–Crippen MR) is 79.2 cm³/mol. The molecule has 7 heteroatoms. The van der Waals surface area contributed by atoms with Gasteiger partial charge >= 0.3 is 0 Å². The fraction of sp³-hybridized carbons (Fsp3) is 0.0625. The number of rotatable bonds is 5. The van der Waals surface area contributed by atoms with Crippen molar-refractivity contribution in [3.8, 4) is 0 Å². The maximum absolute atomic E-state index is 13.2. The summed E-state index contributed by atoms with van der Waals surface area (Å²) in [7, 11) is 0. The molecule has 0 amide bonds. The number of benzene rings is 1. The van der Waals surface area contributed by atoms with Crippen molar-refractivity contribution in [3.05, 3.63) is 77.5 Å². The number of hydrogen-bond acceptors (Lipinski definition) is 5. The number of aromatic nitrogens is 3. The van der Waals surface area contributed by atoms with Gasteiger partial charge in [0, 0.05) is 18.1 Å². The molecule has 6 nitrogen and oxygen atoms in total. The minimum absolute atomic E-state index is 0.0201. The summed E-state index contributed by atoms with van der Waals surface area (Å²) in [4.78, 5) is 15.6. The van der Waals surface area contributed by atoms with Gasteiger partial charge in [0.25, 0.3) is 0 Å². The number of carbonyl (C=O) groups excluding carboxylic acids is 1. The van der Waals surface area contributed by atoms with Crippen LogP contribution in [0.15, 0.2) is 53.6 Å². The first-order valence-corrected chi connectivity index (χ1v) is 6.73. The topological polar surface area (TPSA) is 92.0 Å². The minimum Gasteiger partial charge on any atom is -0.507 e. The van der Waals surface area contributed by atoms with E-state index in [1.165, 1.54) is 31.0 Å². The van der Waals surface area contributed by atoms with E-state index >= 15 is 0 Å². The highest BCUT2D eigenvalue weighted by atomic mass is 19.1. The third-order valence-electron chi connectivity index (χ3n) is 3.22. The number of carbonyl (C=O) groups is 1. The van der Waals surface area contributed by atoms with Crippen LogP contribution < -0.4 is 0 Å². The van der Waals surface area contributed by atoms with Crippen molar-refractivity contribution in [2.75, 3.05) is 0 Å². The van der Waals surface area contributed by atoms with E-state index in [0.29, 0.717) is 17.5 Å². The van der Waals surface area contributed by atoms with Crippen LogP contribution in [0.3, 0.4) is 0 Å². The lowest BCUT2D eigenvalue weighted by atomic mass is 10.0. The monoisotopic (exact) mass is 313 g/mol. The predicted octanol–water partition coefficient (Wildman–Crippen LogP) is 2.91. The molecule has 0 aliphatic rings. The fourth-order valence-corrected chi connectivity index (χ4v) is 2.15. The Balaban J connectivity index is 1.84. The zero-order chi connectivity index (χ0) is 16.2. The number of aromatic amines is 1. The SMILES string of the molecule is O=C(C=C(O)c1cocc1Cc1cccc(F)c1)c1ncn[nH]1. The van der Waals surface area contributed by atoms with Gasteiger partial charge < -0.3 is 9.52 Å². The Morgan fingerprint density at radius 1 is 1.39 bits per heavy atom. The van der Waals surface area contributed by atoms with Gasteiger partial charge in [-0.15, -0.1) is 0 Å². The second kappa shape index (κ2) is 6.27. The lowest BCUT2D eigenvalue weighted by Gasteiger charge is -2.03. The largest absolute Gasteiger partial charge is 0.507 e. The first-order valence-electron chi connectivity index (χ1n) is 6.73. The Morgan fingerprint density at radius 3 is 3.00 bits per heavy atom. The number of allylic oxidation sites excluding steroid dienone is 1. The van der Waals surface area contributed by atoms with Crippen LogP contribution >= 0.6 is 0 Å². The molecule has 0 radical (unpaired) electrons. The number of aliphatic hydroxyl groups is 1. The molecular formula is C16H12FN3O3. The van der Waals surface area contributed by atoms with E-state index in [-0.39, 0.29) is 17.4 Å². The van der Waals surface area contributed by atoms with Crippen LogP contribution in [0.2, 0.25) is 0 Å². The molecule has 0 aliphatic heterocycles. The molecule has 0 saturated heterocycles. The van der Waals surface area contributed by atoms with E-state index in [1.807, 2.05) is 0 Å². The van der Waals surface area contributed by atoms with E-state index < -0.39 is 5.78 Å². The van der Waals surface area contributed by atoms with Crippen LogP contribution in [0.1, 0.15) is 27.3 Å². The second-order valence-electron chi connectivity index (χ2n) is 4.85. The third kappa shape index (κ3) is 3.34. The first kappa shape index (κ1) is 14.7. The van der Waals surface area contributed by atoms with Crippen molar-refractivity contribution in [1.82, 2.24) is 15.2 Å². The number of halogens is 1. The molecule has 0 bridgehead atoms. The average Bonchev–Trinajstić information content (AvgIpc) is 3.18. The standard InChI is InChI=1S/C16H12FN3O3/c17-12-3-1-2-10(5-12)4-11-7-23-8-13(11)14(21)6-15(22)16-18-9-19-20-16/h1-3,5-9,21H,4H2,(H,18,19,20). The zero-order valence-electron chi connectivity index (χ0n) is 11.9. The summed E-state index contributed by atoms with van der Waals surface area (Å²) in [5, 5.41) is 16.1. The molecule has 3 aromatic rings. The molecule has 2 N–H and O–H groups in total. The Labute approximate surface area is 130 Å². The Morgan fingerprint density at radius 2 is 2.26 bits per heavy atom. The molecule has 2 heterocycles. The summed E-state index contributed by atoms with van der Waals surface area (Å²) in [5.41, 5.74) is 1.72. The van der Waals surface area contributed by atoms with Gasteiger partial charge in [0.15, 0.2) is 5.82 Å². The van der Waals surface area contributed by atoms with E-state index in [0.717, 1.165) is 11.6 Å². The number of furan rings is 1. The minimum atomic E-state index is -0.516. The van der Waals surface area contributed by atoms with E-state index in [9.17, 15) is 14.3 Å². The van der Waals surface area contributed by atoms with Crippen LogP contribution in [0.4, 0.5) is 4.39 Å². The molecule has 2 aromatic heterocycles. The molecule has 0 unspecified atom stereocenters. The van der Waals surface area contributed by atoms with Gasteiger partial charge in [-0.05, 0) is 17.7 Å². The fourth-order valence-electron chi connectivity index (χ4n) is 2.15. The summed E-state index contributed by atoms with van der Waals surface area (Å²) in [6, 6.07) is 6.12. The number of ketones is 1. The van der Waals surface area contributed by atoms with Crippen LogP contribution in [0.25, 0.3) is 5.76 Å². The van der Waals surface area contributed by atoms with Gasteiger partial charge in [-0.2, -0.15) is 5.10 Å².